The third-order valence-corrected chi connectivity index (χ3v) is 3.52. The number of nitrogens with zero attached hydrogens (tertiary/aromatic N) is 2. The van der Waals surface area contributed by atoms with Crippen LogP contribution in [0.25, 0.3) is 0 Å². The number of amides is 1. The van der Waals surface area contributed by atoms with Gasteiger partial charge in [0.05, 0.1) is 14.2 Å². The second-order valence-corrected chi connectivity index (χ2v) is 5.53. The average molecular weight is 359 g/mol. The standard InChI is InChI=1S/C18H25N5O3/c1-5-19-18-22-12(2)8-16(23-18)20-6-7-21-17(24)13-9-14(25-3)11-15(10-13)26-4/h8-11H,5-7H2,1-4H3,(H,21,24)(H2,19,20,22,23). The molecular weight excluding hydrogens is 334 g/mol. The van der Waals surface area contributed by atoms with Crippen molar-refractivity contribution in [1.29, 1.82) is 0 Å². The van der Waals surface area contributed by atoms with Gasteiger partial charge in [0.1, 0.15) is 17.3 Å². The summed E-state index contributed by atoms with van der Waals surface area (Å²) in [7, 11) is 3.09. The highest BCUT2D eigenvalue weighted by Gasteiger charge is 2.09. The molecule has 0 atom stereocenters. The fourth-order valence-corrected chi connectivity index (χ4v) is 2.30. The van der Waals surface area contributed by atoms with Crippen molar-refractivity contribution in [3.8, 4) is 11.5 Å². The van der Waals surface area contributed by atoms with Crippen LogP contribution in [0.4, 0.5) is 11.8 Å². The van der Waals surface area contributed by atoms with Crippen LogP contribution in [-0.2, 0) is 0 Å². The first-order valence-electron chi connectivity index (χ1n) is 8.40. The maximum absolute atomic E-state index is 12.3. The summed E-state index contributed by atoms with van der Waals surface area (Å²) in [4.78, 5) is 21.0. The molecule has 8 nitrogen and oxygen atoms in total. The Kier molecular flexibility index (Phi) is 7.02. The zero-order chi connectivity index (χ0) is 18.9. The van der Waals surface area contributed by atoms with Crippen molar-refractivity contribution in [1.82, 2.24) is 15.3 Å². The molecule has 3 N–H and O–H groups in total. The number of anilines is 2. The highest BCUT2D eigenvalue weighted by molar-refractivity contribution is 5.95. The van der Waals surface area contributed by atoms with Crippen molar-refractivity contribution in [3.05, 3.63) is 35.5 Å². The highest BCUT2D eigenvalue weighted by Crippen LogP contribution is 2.22. The number of benzene rings is 1. The van der Waals surface area contributed by atoms with E-state index in [-0.39, 0.29) is 5.91 Å². The number of rotatable bonds is 9. The number of nitrogens with one attached hydrogen (secondary N) is 3. The summed E-state index contributed by atoms with van der Waals surface area (Å²) in [5.74, 6) is 2.24. The number of aromatic nitrogens is 2. The molecule has 1 aromatic heterocycles. The van der Waals surface area contributed by atoms with Crippen LogP contribution in [0.5, 0.6) is 11.5 Å². The number of ether oxygens (including phenoxy) is 2. The van der Waals surface area contributed by atoms with Gasteiger partial charge in [-0.1, -0.05) is 0 Å². The van der Waals surface area contributed by atoms with Crippen molar-refractivity contribution < 1.29 is 14.3 Å². The molecular formula is C18H25N5O3. The van der Waals surface area contributed by atoms with Gasteiger partial charge in [0, 0.05) is 43.0 Å². The Morgan fingerprint density at radius 3 is 2.31 bits per heavy atom. The Morgan fingerprint density at radius 2 is 1.69 bits per heavy atom. The highest BCUT2D eigenvalue weighted by atomic mass is 16.5. The van der Waals surface area contributed by atoms with E-state index in [2.05, 4.69) is 25.9 Å². The smallest absolute Gasteiger partial charge is 0.251 e. The van der Waals surface area contributed by atoms with Gasteiger partial charge in [-0.3, -0.25) is 4.79 Å². The Balaban J connectivity index is 1.89. The van der Waals surface area contributed by atoms with Gasteiger partial charge in [-0.25, -0.2) is 4.98 Å². The van der Waals surface area contributed by atoms with E-state index in [0.717, 1.165) is 12.2 Å². The molecule has 0 spiro atoms. The van der Waals surface area contributed by atoms with E-state index in [1.54, 1.807) is 32.4 Å². The number of carbonyl (C=O) groups is 1. The molecule has 0 unspecified atom stereocenters. The molecule has 140 valence electrons. The summed E-state index contributed by atoms with van der Waals surface area (Å²) in [5.41, 5.74) is 1.35. The maximum Gasteiger partial charge on any atom is 0.251 e. The number of hydrogen-bond donors (Lipinski definition) is 3. The fraction of sp³-hybridized carbons (Fsp3) is 0.389. The minimum Gasteiger partial charge on any atom is -0.497 e. The van der Waals surface area contributed by atoms with E-state index in [0.29, 0.717) is 41.9 Å². The Morgan fingerprint density at radius 1 is 1.00 bits per heavy atom. The van der Waals surface area contributed by atoms with Crippen molar-refractivity contribution in [2.75, 3.05) is 44.5 Å². The SMILES string of the molecule is CCNc1nc(C)cc(NCCNC(=O)c2cc(OC)cc(OC)c2)n1. The average Bonchev–Trinajstić information content (AvgIpc) is 2.64. The molecule has 2 aromatic rings. The molecule has 0 aliphatic heterocycles. The maximum atomic E-state index is 12.3. The molecule has 0 radical (unpaired) electrons. The van der Waals surface area contributed by atoms with Crippen LogP contribution in [-0.4, -0.2) is 49.7 Å². The van der Waals surface area contributed by atoms with Gasteiger partial charge in [-0.2, -0.15) is 4.98 Å². The van der Waals surface area contributed by atoms with Crippen molar-refractivity contribution >= 4 is 17.7 Å². The fourth-order valence-electron chi connectivity index (χ4n) is 2.30. The van der Waals surface area contributed by atoms with Crippen LogP contribution < -0.4 is 25.4 Å². The van der Waals surface area contributed by atoms with Crippen LogP contribution in [0.1, 0.15) is 23.0 Å². The lowest BCUT2D eigenvalue weighted by atomic mass is 10.2. The summed E-state index contributed by atoms with van der Waals surface area (Å²) in [6.07, 6.45) is 0. The zero-order valence-electron chi connectivity index (χ0n) is 15.5. The summed E-state index contributed by atoms with van der Waals surface area (Å²) in [6.45, 7) is 5.63. The van der Waals surface area contributed by atoms with Crippen LogP contribution in [0.3, 0.4) is 0 Å². The second-order valence-electron chi connectivity index (χ2n) is 5.53. The number of carbonyl (C=O) groups excluding carboxylic acids is 1. The molecule has 1 aromatic carbocycles. The van der Waals surface area contributed by atoms with Gasteiger partial charge in [0.25, 0.3) is 5.91 Å². The molecule has 1 heterocycles. The summed E-state index contributed by atoms with van der Waals surface area (Å²) >= 11 is 0. The molecule has 0 aliphatic carbocycles. The van der Waals surface area contributed by atoms with Crippen molar-refractivity contribution in [2.24, 2.45) is 0 Å². The minimum absolute atomic E-state index is 0.198. The van der Waals surface area contributed by atoms with E-state index in [1.807, 2.05) is 19.9 Å². The molecule has 0 aliphatic rings. The predicted molar refractivity (Wildman–Crippen MR) is 101 cm³/mol. The van der Waals surface area contributed by atoms with Crippen LogP contribution in [0.2, 0.25) is 0 Å². The first-order chi connectivity index (χ1) is 12.5. The van der Waals surface area contributed by atoms with Crippen LogP contribution >= 0.6 is 0 Å². The van der Waals surface area contributed by atoms with Gasteiger partial charge in [-0.05, 0) is 26.0 Å². The Bertz CT molecular complexity index is 729. The van der Waals surface area contributed by atoms with E-state index >= 15 is 0 Å². The second kappa shape index (κ2) is 9.45. The third kappa shape index (κ3) is 5.51. The van der Waals surface area contributed by atoms with Gasteiger partial charge in [0.2, 0.25) is 5.95 Å². The lowest BCUT2D eigenvalue weighted by Gasteiger charge is -2.11. The lowest BCUT2D eigenvalue weighted by molar-refractivity contribution is 0.0954. The van der Waals surface area contributed by atoms with Gasteiger partial charge in [-0.15, -0.1) is 0 Å². The van der Waals surface area contributed by atoms with Crippen molar-refractivity contribution in [2.45, 2.75) is 13.8 Å². The summed E-state index contributed by atoms with van der Waals surface area (Å²) in [6, 6.07) is 6.91. The molecule has 2 rings (SSSR count). The molecule has 0 bridgehead atoms. The quantitative estimate of drug-likeness (QED) is 0.590. The van der Waals surface area contributed by atoms with E-state index in [9.17, 15) is 4.79 Å². The minimum atomic E-state index is -0.198. The van der Waals surface area contributed by atoms with Gasteiger partial charge < -0.3 is 25.4 Å². The number of hydrogen-bond acceptors (Lipinski definition) is 7. The van der Waals surface area contributed by atoms with E-state index < -0.39 is 0 Å². The molecule has 0 fully saturated rings. The third-order valence-electron chi connectivity index (χ3n) is 3.52. The van der Waals surface area contributed by atoms with Gasteiger partial charge >= 0.3 is 0 Å². The monoisotopic (exact) mass is 359 g/mol. The van der Waals surface area contributed by atoms with E-state index in [1.165, 1.54) is 0 Å². The largest absolute Gasteiger partial charge is 0.497 e. The zero-order valence-corrected chi connectivity index (χ0v) is 15.5. The molecule has 0 saturated heterocycles. The summed E-state index contributed by atoms with van der Waals surface area (Å²) < 4.78 is 10.4. The number of methoxy groups -OCH3 is 2. The Labute approximate surface area is 153 Å². The Hall–Kier alpha value is -3.03. The molecule has 1 amide bonds. The predicted octanol–water partition coefficient (Wildman–Crippen LogP) is 2.08. The first-order valence-corrected chi connectivity index (χ1v) is 8.40. The lowest BCUT2D eigenvalue weighted by Crippen LogP contribution is -2.29. The molecule has 0 saturated carbocycles. The number of aryl methyl sites for hydroxylation is 1. The molecule has 26 heavy (non-hydrogen) atoms. The molecule has 8 heteroatoms. The van der Waals surface area contributed by atoms with Gasteiger partial charge in [0.15, 0.2) is 0 Å². The first kappa shape index (κ1) is 19.3. The summed E-state index contributed by atoms with van der Waals surface area (Å²) in [5, 5.41) is 9.12. The normalized spacial score (nSPS) is 10.2. The van der Waals surface area contributed by atoms with Crippen molar-refractivity contribution in [3.63, 3.8) is 0 Å². The topological polar surface area (TPSA) is 97.4 Å². The van der Waals surface area contributed by atoms with Crippen LogP contribution in [0, 0.1) is 6.92 Å². The van der Waals surface area contributed by atoms with Crippen LogP contribution in [0.15, 0.2) is 24.3 Å². The van der Waals surface area contributed by atoms with E-state index in [4.69, 9.17) is 9.47 Å².